The van der Waals surface area contributed by atoms with Crippen LogP contribution in [0.25, 0.3) is 11.4 Å². The molecule has 0 aliphatic rings. The summed E-state index contributed by atoms with van der Waals surface area (Å²) in [4.78, 5) is 8.67. The minimum atomic E-state index is -0.271. The molecule has 0 atom stereocenters. The Bertz CT molecular complexity index is 586. The number of rotatable bonds is 3. The summed E-state index contributed by atoms with van der Waals surface area (Å²) in [5.41, 5.74) is 2.77. The number of aromatic nitrogens is 2. The van der Waals surface area contributed by atoms with E-state index in [-0.39, 0.29) is 11.4 Å². The van der Waals surface area contributed by atoms with Crippen LogP contribution in [0.5, 0.6) is 0 Å². The Kier molecular flexibility index (Phi) is 4.14. The van der Waals surface area contributed by atoms with Crippen LogP contribution in [0.1, 0.15) is 31.9 Å². The van der Waals surface area contributed by atoms with Crippen molar-refractivity contribution >= 4 is 0 Å². The molecule has 0 unspecified atom stereocenters. The predicted molar refractivity (Wildman–Crippen MR) is 78.8 cm³/mol. The third kappa shape index (κ3) is 3.84. The predicted octanol–water partition coefficient (Wildman–Crippen LogP) is 3.48. The number of halogens is 1. The maximum absolute atomic E-state index is 13.3. The van der Waals surface area contributed by atoms with E-state index in [9.17, 15) is 4.39 Å². The molecule has 0 aliphatic carbocycles. The van der Waals surface area contributed by atoms with E-state index < -0.39 is 0 Å². The zero-order chi connectivity index (χ0) is 14.8. The monoisotopic (exact) mass is 273 g/mol. The minimum Gasteiger partial charge on any atom is -0.308 e. The van der Waals surface area contributed by atoms with Crippen LogP contribution in [0, 0.1) is 12.7 Å². The van der Waals surface area contributed by atoms with Gasteiger partial charge >= 0.3 is 0 Å². The van der Waals surface area contributed by atoms with Gasteiger partial charge in [-0.25, -0.2) is 14.4 Å². The van der Waals surface area contributed by atoms with Crippen molar-refractivity contribution < 1.29 is 4.39 Å². The molecule has 1 N–H and O–H groups in total. The first-order valence-electron chi connectivity index (χ1n) is 6.68. The molecule has 1 aromatic carbocycles. The lowest BCUT2D eigenvalue weighted by molar-refractivity contribution is 0.423. The highest BCUT2D eigenvalue weighted by atomic mass is 19.1. The molecule has 20 heavy (non-hydrogen) atoms. The highest BCUT2D eigenvalue weighted by Crippen LogP contribution is 2.20. The number of nitrogens with one attached hydrogen (secondary N) is 1. The molecule has 0 amide bonds. The van der Waals surface area contributed by atoms with Crippen LogP contribution < -0.4 is 5.32 Å². The van der Waals surface area contributed by atoms with E-state index in [0.717, 1.165) is 16.7 Å². The molecule has 3 nitrogen and oxygen atoms in total. The van der Waals surface area contributed by atoms with Crippen molar-refractivity contribution in [3.05, 3.63) is 47.5 Å². The topological polar surface area (TPSA) is 37.8 Å². The van der Waals surface area contributed by atoms with Gasteiger partial charge in [0.1, 0.15) is 5.82 Å². The van der Waals surface area contributed by atoms with Crippen LogP contribution in [0.15, 0.2) is 30.6 Å². The molecule has 1 heterocycles. The summed E-state index contributed by atoms with van der Waals surface area (Å²) in [7, 11) is 0. The largest absolute Gasteiger partial charge is 0.308 e. The number of hydrogen-bond donors (Lipinski definition) is 1. The molecule has 0 saturated carbocycles. The lowest BCUT2D eigenvalue weighted by Crippen LogP contribution is -2.35. The van der Waals surface area contributed by atoms with E-state index in [1.165, 1.54) is 12.1 Å². The Morgan fingerprint density at radius 2 is 1.80 bits per heavy atom. The van der Waals surface area contributed by atoms with Gasteiger partial charge in [-0.3, -0.25) is 0 Å². The van der Waals surface area contributed by atoms with Gasteiger partial charge in [-0.15, -0.1) is 0 Å². The summed E-state index contributed by atoms with van der Waals surface area (Å²) in [5.74, 6) is 0.286. The molecule has 2 rings (SSSR count). The van der Waals surface area contributed by atoms with Gasteiger partial charge in [0.25, 0.3) is 0 Å². The van der Waals surface area contributed by atoms with Crippen molar-refractivity contribution in [2.24, 2.45) is 0 Å². The van der Waals surface area contributed by atoms with Gasteiger partial charge in [-0.2, -0.15) is 0 Å². The molecule has 0 fully saturated rings. The fourth-order valence-electron chi connectivity index (χ4n) is 1.79. The Hall–Kier alpha value is -1.81. The van der Waals surface area contributed by atoms with Crippen LogP contribution in [0.3, 0.4) is 0 Å². The van der Waals surface area contributed by atoms with Gasteiger partial charge in [0, 0.05) is 35.6 Å². The standard InChI is InChI=1S/C16H20FN3/c1-11-5-6-13(17)7-14(11)15-18-8-12(9-19-15)10-20-16(2,3)4/h5-9,20H,10H2,1-4H3. The van der Waals surface area contributed by atoms with Gasteiger partial charge in [-0.1, -0.05) is 6.07 Å². The molecule has 0 aliphatic heterocycles. The van der Waals surface area contributed by atoms with Crippen molar-refractivity contribution in [3.8, 4) is 11.4 Å². The van der Waals surface area contributed by atoms with E-state index in [1.54, 1.807) is 18.5 Å². The third-order valence-electron chi connectivity index (χ3n) is 2.97. The van der Waals surface area contributed by atoms with Crippen molar-refractivity contribution in [2.45, 2.75) is 39.8 Å². The van der Waals surface area contributed by atoms with Gasteiger partial charge < -0.3 is 5.32 Å². The van der Waals surface area contributed by atoms with Crippen LogP contribution in [-0.2, 0) is 6.54 Å². The third-order valence-corrected chi connectivity index (χ3v) is 2.97. The smallest absolute Gasteiger partial charge is 0.159 e. The highest BCUT2D eigenvalue weighted by Gasteiger charge is 2.10. The molecule has 2 aromatic rings. The first-order valence-corrected chi connectivity index (χ1v) is 6.68. The maximum Gasteiger partial charge on any atom is 0.159 e. The SMILES string of the molecule is Cc1ccc(F)cc1-c1ncc(CNC(C)(C)C)cn1. The Morgan fingerprint density at radius 1 is 1.15 bits per heavy atom. The number of benzene rings is 1. The summed E-state index contributed by atoms with van der Waals surface area (Å²) in [6.07, 6.45) is 3.57. The Labute approximate surface area is 119 Å². The first-order chi connectivity index (χ1) is 9.35. The zero-order valence-corrected chi connectivity index (χ0v) is 12.4. The van der Waals surface area contributed by atoms with Gasteiger partial charge in [0.15, 0.2) is 5.82 Å². The fourth-order valence-corrected chi connectivity index (χ4v) is 1.79. The summed E-state index contributed by atoms with van der Waals surface area (Å²) >= 11 is 0. The molecule has 106 valence electrons. The summed E-state index contributed by atoms with van der Waals surface area (Å²) < 4.78 is 13.3. The fraction of sp³-hybridized carbons (Fsp3) is 0.375. The Balaban J connectivity index is 2.18. The second kappa shape index (κ2) is 5.67. The Morgan fingerprint density at radius 3 is 2.40 bits per heavy atom. The highest BCUT2D eigenvalue weighted by molar-refractivity contribution is 5.59. The zero-order valence-electron chi connectivity index (χ0n) is 12.4. The van der Waals surface area contributed by atoms with Crippen molar-refractivity contribution in [1.29, 1.82) is 0 Å². The van der Waals surface area contributed by atoms with Crippen molar-refractivity contribution in [2.75, 3.05) is 0 Å². The molecular formula is C16H20FN3. The maximum atomic E-state index is 13.3. The lowest BCUT2D eigenvalue weighted by Gasteiger charge is -2.20. The molecule has 4 heteroatoms. The summed E-state index contributed by atoms with van der Waals surface area (Å²) in [6.45, 7) is 8.97. The van der Waals surface area contributed by atoms with E-state index in [2.05, 4.69) is 36.1 Å². The second-order valence-electron chi connectivity index (χ2n) is 5.98. The van der Waals surface area contributed by atoms with Crippen LogP contribution in [-0.4, -0.2) is 15.5 Å². The summed E-state index contributed by atoms with van der Waals surface area (Å²) in [5, 5.41) is 3.38. The number of hydrogen-bond acceptors (Lipinski definition) is 3. The molecule has 0 bridgehead atoms. The number of nitrogens with zero attached hydrogens (tertiary/aromatic N) is 2. The normalized spacial score (nSPS) is 11.7. The second-order valence-corrected chi connectivity index (χ2v) is 5.98. The van der Waals surface area contributed by atoms with Gasteiger partial charge in [-0.05, 0) is 45.4 Å². The molecule has 0 radical (unpaired) electrons. The first kappa shape index (κ1) is 14.6. The van der Waals surface area contributed by atoms with Crippen LogP contribution >= 0.6 is 0 Å². The average molecular weight is 273 g/mol. The van der Waals surface area contributed by atoms with Gasteiger partial charge in [0.2, 0.25) is 0 Å². The molecule has 0 spiro atoms. The average Bonchev–Trinajstić information content (AvgIpc) is 2.39. The van der Waals surface area contributed by atoms with Crippen molar-refractivity contribution in [1.82, 2.24) is 15.3 Å². The van der Waals surface area contributed by atoms with Crippen LogP contribution in [0.4, 0.5) is 4.39 Å². The molecular weight excluding hydrogens is 253 g/mol. The molecule has 1 aromatic heterocycles. The van der Waals surface area contributed by atoms with E-state index in [4.69, 9.17) is 0 Å². The minimum absolute atomic E-state index is 0.0534. The van der Waals surface area contributed by atoms with E-state index >= 15 is 0 Å². The van der Waals surface area contributed by atoms with E-state index in [0.29, 0.717) is 12.4 Å². The lowest BCUT2D eigenvalue weighted by atomic mass is 10.1. The summed E-state index contributed by atoms with van der Waals surface area (Å²) in [6, 6.07) is 4.65. The quantitative estimate of drug-likeness (QED) is 0.930. The van der Waals surface area contributed by atoms with E-state index in [1.807, 2.05) is 6.92 Å². The number of aryl methyl sites for hydroxylation is 1. The van der Waals surface area contributed by atoms with Crippen LogP contribution in [0.2, 0.25) is 0 Å². The van der Waals surface area contributed by atoms with Crippen molar-refractivity contribution in [3.63, 3.8) is 0 Å². The van der Waals surface area contributed by atoms with Gasteiger partial charge in [0.05, 0.1) is 0 Å². The molecule has 0 saturated heterocycles.